The van der Waals surface area contributed by atoms with E-state index in [2.05, 4.69) is 15.9 Å². The Bertz CT molecular complexity index is 771. The van der Waals surface area contributed by atoms with Gasteiger partial charge in [0.1, 0.15) is 5.75 Å². The average molecular weight is 425 g/mol. The van der Waals surface area contributed by atoms with Crippen LogP contribution in [0.1, 0.15) is 37.7 Å². The lowest BCUT2D eigenvalue weighted by molar-refractivity contribution is -0.385. The van der Waals surface area contributed by atoms with Crippen LogP contribution in [0.5, 0.6) is 5.75 Å². The Morgan fingerprint density at radius 3 is 2.77 bits per heavy atom. The number of nitrogens with one attached hydrogen (secondary N) is 1. The second kappa shape index (κ2) is 6.28. The second-order valence-corrected chi connectivity index (χ2v) is 8.50. The van der Waals surface area contributed by atoms with Gasteiger partial charge in [-0.2, -0.15) is 0 Å². The summed E-state index contributed by atoms with van der Waals surface area (Å²) in [6.45, 7) is 0.895. The van der Waals surface area contributed by atoms with Crippen LogP contribution in [0, 0.1) is 20.9 Å². The standard InChI is InChI=1S/C18H21BrN2O5/c1-24-10-18-7-17(8-18,9-25-18)16(20)12-5-13(19)15(6-14(12)21(22)23)26-11-3-2-4-11/h5-6,11,20H,2-4,7-10H2,1H3. The number of ether oxygens (including phenoxy) is 3. The van der Waals surface area contributed by atoms with Gasteiger partial charge in [0.25, 0.3) is 5.69 Å². The highest BCUT2D eigenvalue weighted by atomic mass is 79.9. The molecule has 26 heavy (non-hydrogen) atoms. The molecule has 1 N–H and O–H groups in total. The first kappa shape index (κ1) is 17.9. The number of nitro groups is 1. The molecule has 2 saturated carbocycles. The SMILES string of the molecule is COCC12CC(C(=N)c3cc(Br)c(OC4CCC4)cc3[N+](=O)[O-])(CO1)C2. The number of hydrogen-bond acceptors (Lipinski definition) is 6. The Morgan fingerprint density at radius 1 is 1.46 bits per heavy atom. The number of fused-ring (bicyclic) bond motifs is 1. The normalized spacial score (nSPS) is 29.8. The molecule has 0 amide bonds. The maximum absolute atomic E-state index is 11.6. The summed E-state index contributed by atoms with van der Waals surface area (Å²) in [5.74, 6) is 0.473. The van der Waals surface area contributed by atoms with E-state index in [9.17, 15) is 10.1 Å². The van der Waals surface area contributed by atoms with Crippen molar-refractivity contribution in [3.05, 3.63) is 32.3 Å². The minimum atomic E-state index is -0.459. The zero-order chi connectivity index (χ0) is 18.5. The van der Waals surface area contributed by atoms with Crippen molar-refractivity contribution in [2.24, 2.45) is 5.41 Å². The lowest BCUT2D eigenvalue weighted by atomic mass is 9.59. The van der Waals surface area contributed by atoms with E-state index in [1.54, 1.807) is 13.2 Å². The van der Waals surface area contributed by atoms with Crippen LogP contribution < -0.4 is 4.74 Å². The van der Waals surface area contributed by atoms with E-state index in [-0.39, 0.29) is 23.1 Å². The van der Waals surface area contributed by atoms with Gasteiger partial charge in [-0.25, -0.2) is 0 Å². The Morgan fingerprint density at radius 2 is 2.19 bits per heavy atom. The van der Waals surface area contributed by atoms with Crippen molar-refractivity contribution in [2.45, 2.75) is 43.8 Å². The van der Waals surface area contributed by atoms with Gasteiger partial charge in [-0.1, -0.05) is 0 Å². The molecule has 5 rings (SSSR count). The fourth-order valence-corrected chi connectivity index (χ4v) is 4.71. The molecule has 2 aliphatic heterocycles. The van der Waals surface area contributed by atoms with Crippen molar-refractivity contribution >= 4 is 27.3 Å². The first-order valence-corrected chi connectivity index (χ1v) is 9.54. The lowest BCUT2D eigenvalue weighted by Crippen LogP contribution is -2.51. The number of hydrogen-bond donors (Lipinski definition) is 1. The summed E-state index contributed by atoms with van der Waals surface area (Å²) in [4.78, 5) is 11.2. The van der Waals surface area contributed by atoms with Crippen LogP contribution in [-0.4, -0.2) is 42.7 Å². The Hall–Kier alpha value is -1.51. The smallest absolute Gasteiger partial charge is 0.282 e. The number of nitrogens with zero attached hydrogens (tertiary/aromatic N) is 1. The summed E-state index contributed by atoms with van der Waals surface area (Å²) in [6, 6.07) is 3.09. The third-order valence-electron chi connectivity index (χ3n) is 5.78. The van der Waals surface area contributed by atoms with Crippen molar-refractivity contribution in [3.63, 3.8) is 0 Å². The van der Waals surface area contributed by atoms with E-state index in [4.69, 9.17) is 19.6 Å². The molecule has 2 heterocycles. The topological polar surface area (TPSA) is 94.7 Å². The number of nitro benzene ring substituents is 1. The third-order valence-corrected chi connectivity index (χ3v) is 6.40. The number of rotatable bonds is 7. The molecule has 2 bridgehead atoms. The zero-order valence-corrected chi connectivity index (χ0v) is 16.1. The van der Waals surface area contributed by atoms with E-state index >= 15 is 0 Å². The summed E-state index contributed by atoms with van der Waals surface area (Å²) in [5, 5.41) is 20.3. The number of halogens is 1. The molecule has 0 unspecified atom stereocenters. The second-order valence-electron chi connectivity index (χ2n) is 7.64. The molecule has 140 valence electrons. The van der Waals surface area contributed by atoms with E-state index in [1.807, 2.05) is 0 Å². The van der Waals surface area contributed by atoms with Gasteiger partial charge in [0.15, 0.2) is 0 Å². The highest BCUT2D eigenvalue weighted by molar-refractivity contribution is 9.10. The molecule has 4 aliphatic rings. The fraction of sp³-hybridized carbons (Fsp3) is 0.611. The zero-order valence-electron chi connectivity index (χ0n) is 14.5. The van der Waals surface area contributed by atoms with E-state index in [1.165, 1.54) is 6.07 Å². The van der Waals surface area contributed by atoms with Crippen LogP contribution in [0.3, 0.4) is 0 Å². The summed E-state index contributed by atoms with van der Waals surface area (Å²) >= 11 is 3.46. The average Bonchev–Trinajstić information content (AvgIpc) is 3.07. The molecule has 7 nitrogen and oxygen atoms in total. The van der Waals surface area contributed by atoms with E-state index in [0.29, 0.717) is 41.8 Å². The minimum absolute atomic E-state index is 0.0851. The van der Waals surface area contributed by atoms with Crippen LogP contribution in [0.25, 0.3) is 0 Å². The van der Waals surface area contributed by atoms with Crippen LogP contribution >= 0.6 is 15.9 Å². The molecular formula is C18H21BrN2O5. The first-order chi connectivity index (χ1) is 12.4. The molecule has 2 saturated heterocycles. The summed E-state index contributed by atoms with van der Waals surface area (Å²) < 4.78 is 17.6. The molecule has 0 atom stereocenters. The molecule has 1 aromatic rings. The Labute approximate surface area is 159 Å². The maximum atomic E-state index is 11.6. The predicted octanol–water partition coefficient (Wildman–Crippen LogP) is 3.85. The molecule has 0 spiro atoms. The number of benzene rings is 1. The highest BCUT2D eigenvalue weighted by Gasteiger charge is 2.65. The van der Waals surface area contributed by atoms with Crippen LogP contribution in [0.4, 0.5) is 5.69 Å². The van der Waals surface area contributed by atoms with Gasteiger partial charge in [-0.15, -0.1) is 0 Å². The van der Waals surface area contributed by atoms with Crippen molar-refractivity contribution < 1.29 is 19.1 Å². The fourth-order valence-electron chi connectivity index (χ4n) is 4.27. The van der Waals surface area contributed by atoms with Gasteiger partial charge in [-0.3, -0.25) is 10.1 Å². The van der Waals surface area contributed by atoms with Crippen molar-refractivity contribution in [1.82, 2.24) is 0 Å². The van der Waals surface area contributed by atoms with Gasteiger partial charge in [-0.05, 0) is 54.1 Å². The van der Waals surface area contributed by atoms with E-state index < -0.39 is 10.3 Å². The largest absolute Gasteiger partial charge is 0.489 e. The molecule has 8 heteroatoms. The van der Waals surface area contributed by atoms with Crippen LogP contribution in [-0.2, 0) is 9.47 Å². The first-order valence-electron chi connectivity index (χ1n) is 8.75. The minimum Gasteiger partial charge on any atom is -0.489 e. The van der Waals surface area contributed by atoms with Crippen molar-refractivity contribution in [1.29, 1.82) is 5.41 Å². The lowest BCUT2D eigenvalue weighted by Gasteiger charge is -2.44. The predicted molar refractivity (Wildman–Crippen MR) is 98.1 cm³/mol. The van der Waals surface area contributed by atoms with Gasteiger partial charge in [0, 0.05) is 12.5 Å². The van der Waals surface area contributed by atoms with Crippen LogP contribution in [0.2, 0.25) is 0 Å². The molecule has 0 aromatic heterocycles. The molecule has 4 fully saturated rings. The van der Waals surface area contributed by atoms with E-state index in [0.717, 1.165) is 19.3 Å². The number of methoxy groups -OCH3 is 1. The van der Waals surface area contributed by atoms with Gasteiger partial charge in [0.2, 0.25) is 0 Å². The van der Waals surface area contributed by atoms with Crippen molar-refractivity contribution in [2.75, 3.05) is 20.3 Å². The molecular weight excluding hydrogens is 404 g/mol. The van der Waals surface area contributed by atoms with Gasteiger partial charge >= 0.3 is 0 Å². The Balaban J connectivity index is 1.62. The maximum Gasteiger partial charge on any atom is 0.282 e. The van der Waals surface area contributed by atoms with Crippen LogP contribution in [0.15, 0.2) is 16.6 Å². The third kappa shape index (κ3) is 2.75. The highest BCUT2D eigenvalue weighted by Crippen LogP contribution is 2.59. The van der Waals surface area contributed by atoms with Gasteiger partial charge in [0.05, 0.1) is 51.7 Å². The summed E-state index contributed by atoms with van der Waals surface area (Å²) in [5.41, 5.74) is -0.277. The van der Waals surface area contributed by atoms with Crippen molar-refractivity contribution in [3.8, 4) is 5.75 Å². The summed E-state index contributed by atoms with van der Waals surface area (Å²) in [6.07, 6.45) is 4.53. The quantitative estimate of drug-likeness (QED) is 0.407. The van der Waals surface area contributed by atoms with Gasteiger partial charge < -0.3 is 19.6 Å². The molecule has 0 radical (unpaired) electrons. The summed E-state index contributed by atoms with van der Waals surface area (Å²) in [7, 11) is 1.63. The monoisotopic (exact) mass is 424 g/mol. The Kier molecular flexibility index (Phi) is 4.32. The molecule has 1 aromatic carbocycles. The molecule has 2 aliphatic carbocycles.